The number of carbonyl (C=O) groups is 2. The second-order valence-corrected chi connectivity index (χ2v) is 9.53. The molecule has 1 N–H and O–H groups in total. The zero-order valence-electron chi connectivity index (χ0n) is 16.1. The van der Waals surface area contributed by atoms with Crippen LogP contribution < -0.4 is 0 Å². The van der Waals surface area contributed by atoms with Crippen LogP contribution in [-0.2, 0) is 9.59 Å². The lowest BCUT2D eigenvalue weighted by atomic mass is 9.48. The van der Waals surface area contributed by atoms with Crippen LogP contribution in [0.3, 0.4) is 0 Å². The van der Waals surface area contributed by atoms with Gasteiger partial charge >= 0.3 is 0 Å². The van der Waals surface area contributed by atoms with E-state index in [9.17, 15) is 14.7 Å². The first kappa shape index (κ1) is 18.8. The number of fused-ring (bicyclic) bond motifs is 3. The summed E-state index contributed by atoms with van der Waals surface area (Å²) in [7, 11) is 0. The maximum atomic E-state index is 13.3. The number of hydrogen-bond acceptors (Lipinski definition) is 3. The lowest BCUT2D eigenvalue weighted by molar-refractivity contribution is -0.150. The Kier molecular flexibility index (Phi) is 5.00. The predicted molar refractivity (Wildman–Crippen MR) is 99.0 cm³/mol. The molecule has 25 heavy (non-hydrogen) atoms. The molecule has 0 amide bonds. The smallest absolute Gasteiger partial charge is 0.137 e. The molecule has 3 aliphatic rings. The molecule has 0 aromatic carbocycles. The molecule has 0 heterocycles. The maximum absolute atomic E-state index is 13.3. The first-order chi connectivity index (χ1) is 11.7. The molecule has 0 bridgehead atoms. The van der Waals surface area contributed by atoms with Crippen LogP contribution in [0.25, 0.3) is 0 Å². The zero-order chi connectivity index (χ0) is 18.4. The molecule has 7 atom stereocenters. The second kappa shape index (κ2) is 6.64. The molecule has 140 valence electrons. The fraction of sp³-hybridized carbons (Fsp3) is 0.818. The van der Waals surface area contributed by atoms with Crippen molar-refractivity contribution < 1.29 is 14.7 Å². The molecule has 0 unspecified atom stereocenters. The van der Waals surface area contributed by atoms with Crippen molar-refractivity contribution in [1.29, 1.82) is 0 Å². The van der Waals surface area contributed by atoms with E-state index in [-0.39, 0.29) is 28.4 Å². The van der Waals surface area contributed by atoms with E-state index in [2.05, 4.69) is 20.4 Å². The number of hydrogen-bond donors (Lipinski definition) is 1. The second-order valence-electron chi connectivity index (χ2n) is 9.53. The van der Waals surface area contributed by atoms with Crippen molar-refractivity contribution in [2.75, 3.05) is 0 Å². The Hall–Kier alpha value is -0.960. The van der Waals surface area contributed by atoms with E-state index >= 15 is 0 Å². The molecule has 0 aliphatic heterocycles. The van der Waals surface area contributed by atoms with Crippen molar-refractivity contribution in [3.05, 3.63) is 12.7 Å². The largest absolute Gasteiger partial charge is 0.389 e. The highest BCUT2D eigenvalue weighted by atomic mass is 16.3. The summed E-state index contributed by atoms with van der Waals surface area (Å²) in [6.45, 7) is 9.85. The number of Topliss-reactive ketones (excluding diaryl/α,β-unsaturated/α-hetero) is 2. The Morgan fingerprint density at radius 1 is 1.36 bits per heavy atom. The highest BCUT2D eigenvalue weighted by Gasteiger charge is 2.61. The van der Waals surface area contributed by atoms with E-state index in [4.69, 9.17) is 0 Å². The molecule has 0 aromatic rings. The number of carbonyl (C=O) groups excluding carboxylic acids is 2. The fourth-order valence-electron chi connectivity index (χ4n) is 6.89. The summed E-state index contributed by atoms with van der Waals surface area (Å²) in [5.41, 5.74) is -0.136. The monoisotopic (exact) mass is 346 g/mol. The lowest BCUT2D eigenvalue weighted by Crippen LogP contribution is -2.54. The minimum Gasteiger partial charge on any atom is -0.389 e. The molecular weight excluding hydrogens is 312 g/mol. The Balaban J connectivity index is 1.86. The maximum Gasteiger partial charge on any atom is 0.137 e. The number of aliphatic hydroxyl groups is 1. The highest BCUT2D eigenvalue weighted by molar-refractivity contribution is 5.86. The molecule has 3 fully saturated rings. The van der Waals surface area contributed by atoms with Crippen molar-refractivity contribution in [2.45, 2.75) is 78.2 Å². The van der Waals surface area contributed by atoms with E-state index in [0.29, 0.717) is 30.5 Å². The molecule has 3 rings (SSSR count). The first-order valence-electron chi connectivity index (χ1n) is 10.1. The third kappa shape index (κ3) is 3.03. The van der Waals surface area contributed by atoms with Gasteiger partial charge in [-0.15, -0.1) is 6.58 Å². The molecule has 3 nitrogen and oxygen atoms in total. The van der Waals surface area contributed by atoms with Crippen molar-refractivity contribution in [3.8, 4) is 0 Å². The van der Waals surface area contributed by atoms with Gasteiger partial charge in [0.25, 0.3) is 0 Å². The third-order valence-corrected chi connectivity index (χ3v) is 8.07. The van der Waals surface area contributed by atoms with Gasteiger partial charge in [-0.05, 0) is 68.1 Å². The van der Waals surface area contributed by atoms with Gasteiger partial charge in [-0.2, -0.15) is 0 Å². The average molecular weight is 347 g/mol. The molecular formula is C22H34O3. The molecule has 0 radical (unpaired) electrons. The van der Waals surface area contributed by atoms with Gasteiger partial charge in [-0.3, -0.25) is 9.59 Å². The zero-order valence-corrected chi connectivity index (χ0v) is 16.1. The predicted octanol–water partition coefficient (Wildman–Crippen LogP) is 4.33. The van der Waals surface area contributed by atoms with Crippen LogP contribution in [0.1, 0.15) is 72.1 Å². The van der Waals surface area contributed by atoms with Gasteiger partial charge in [-0.25, -0.2) is 0 Å². The Bertz CT molecular complexity index is 568. The Morgan fingerprint density at radius 3 is 2.72 bits per heavy atom. The van der Waals surface area contributed by atoms with Crippen LogP contribution >= 0.6 is 0 Å². The van der Waals surface area contributed by atoms with Gasteiger partial charge in [0, 0.05) is 18.3 Å². The van der Waals surface area contributed by atoms with Gasteiger partial charge in [0.15, 0.2) is 0 Å². The SMILES string of the molecule is C=C[C@@H](O)CC[C@@]1(C)CCC[C@@H]2[C@@H]1C(=O)C[C@]1(C)[C@@H](C(C)=O)CC[C@@H]21. The van der Waals surface area contributed by atoms with Crippen LogP contribution in [0.5, 0.6) is 0 Å². The van der Waals surface area contributed by atoms with Gasteiger partial charge in [0.2, 0.25) is 0 Å². The number of rotatable bonds is 5. The van der Waals surface area contributed by atoms with Crippen molar-refractivity contribution in [1.82, 2.24) is 0 Å². The molecule has 3 saturated carbocycles. The van der Waals surface area contributed by atoms with Gasteiger partial charge < -0.3 is 5.11 Å². The quantitative estimate of drug-likeness (QED) is 0.754. The summed E-state index contributed by atoms with van der Waals surface area (Å²) in [5, 5.41) is 9.91. The minimum absolute atomic E-state index is 0.0143. The van der Waals surface area contributed by atoms with E-state index in [0.717, 1.165) is 38.5 Å². The van der Waals surface area contributed by atoms with E-state index in [1.807, 2.05) is 0 Å². The van der Waals surface area contributed by atoms with E-state index in [1.54, 1.807) is 13.0 Å². The standard InChI is InChI=1S/C22H34O3/c1-5-15(24)10-12-21(3)11-6-7-16-18-9-8-17(14(2)23)22(18,4)13-19(25)20(16)21/h5,15-18,20,24H,1,6-13H2,2-4H3/t15-,16+,17-,18+,20-,21-,22-/m1/s1. The van der Waals surface area contributed by atoms with Crippen molar-refractivity contribution in [3.63, 3.8) is 0 Å². The van der Waals surface area contributed by atoms with Crippen LogP contribution in [-0.4, -0.2) is 22.8 Å². The molecule has 0 saturated heterocycles. The minimum atomic E-state index is -0.477. The Labute approximate surface area is 152 Å². The lowest BCUT2D eigenvalue weighted by Gasteiger charge is -2.55. The van der Waals surface area contributed by atoms with E-state index in [1.165, 1.54) is 0 Å². The average Bonchev–Trinajstić information content (AvgIpc) is 2.89. The topological polar surface area (TPSA) is 54.4 Å². The van der Waals surface area contributed by atoms with Gasteiger partial charge in [0.05, 0.1) is 6.10 Å². The van der Waals surface area contributed by atoms with Crippen LogP contribution in [0.4, 0.5) is 0 Å². The van der Waals surface area contributed by atoms with Crippen molar-refractivity contribution >= 4 is 11.6 Å². The van der Waals surface area contributed by atoms with Crippen LogP contribution in [0.15, 0.2) is 12.7 Å². The van der Waals surface area contributed by atoms with Gasteiger partial charge in [-0.1, -0.05) is 26.3 Å². The summed E-state index contributed by atoms with van der Waals surface area (Å²) >= 11 is 0. The molecule has 3 heteroatoms. The molecule has 0 spiro atoms. The van der Waals surface area contributed by atoms with Crippen LogP contribution in [0, 0.1) is 34.5 Å². The summed E-state index contributed by atoms with van der Waals surface area (Å²) in [4.78, 5) is 25.4. The van der Waals surface area contributed by atoms with Gasteiger partial charge in [0.1, 0.15) is 11.6 Å². The first-order valence-corrected chi connectivity index (χ1v) is 10.1. The number of aliphatic hydroxyl groups excluding tert-OH is 1. The Morgan fingerprint density at radius 2 is 2.08 bits per heavy atom. The summed E-state index contributed by atoms with van der Waals surface area (Å²) < 4.78 is 0. The number of ketones is 2. The normalized spacial score (nSPS) is 44.7. The highest BCUT2D eigenvalue weighted by Crippen LogP contribution is 2.64. The third-order valence-electron chi connectivity index (χ3n) is 8.07. The summed E-state index contributed by atoms with van der Waals surface area (Å²) in [6, 6.07) is 0. The fourth-order valence-corrected chi connectivity index (χ4v) is 6.89. The molecule has 3 aliphatic carbocycles. The molecule has 0 aromatic heterocycles. The van der Waals surface area contributed by atoms with E-state index < -0.39 is 6.10 Å². The van der Waals surface area contributed by atoms with Crippen molar-refractivity contribution in [2.24, 2.45) is 34.5 Å². The summed E-state index contributed by atoms with van der Waals surface area (Å²) in [5.74, 6) is 1.76. The summed E-state index contributed by atoms with van der Waals surface area (Å²) in [6.07, 6.45) is 8.67. The van der Waals surface area contributed by atoms with Crippen LogP contribution in [0.2, 0.25) is 0 Å².